The van der Waals surface area contributed by atoms with Crippen LogP contribution >= 0.6 is 0 Å². The lowest BCUT2D eigenvalue weighted by Crippen LogP contribution is -2.09. The second-order valence-electron chi connectivity index (χ2n) is 19.3. The van der Waals surface area contributed by atoms with Crippen molar-refractivity contribution in [1.29, 1.82) is 0 Å². The van der Waals surface area contributed by atoms with Crippen LogP contribution in [-0.4, -0.2) is 20.7 Å². The summed E-state index contributed by atoms with van der Waals surface area (Å²) in [4.78, 5) is 27.2. The first-order valence-electron chi connectivity index (χ1n) is 25.7. The molecule has 2 atom stereocenters. The highest BCUT2D eigenvalue weighted by molar-refractivity contribution is 6.11. The van der Waals surface area contributed by atoms with Crippen molar-refractivity contribution in [1.82, 2.24) is 9.13 Å². The van der Waals surface area contributed by atoms with Gasteiger partial charge in [-0.25, -0.2) is 17.6 Å². The minimum Gasteiger partial charge on any atom is -0.457 e. The zero-order valence-corrected chi connectivity index (χ0v) is 42.0. The Hall–Kier alpha value is -9.34. The van der Waals surface area contributed by atoms with Gasteiger partial charge in [0.05, 0.1) is 33.2 Å². The van der Waals surface area contributed by atoms with Crippen LogP contribution in [0.2, 0.25) is 0 Å². The summed E-state index contributed by atoms with van der Waals surface area (Å²) in [6.45, 7) is 4.17. The molecular weight excluding hydrogens is 969 g/mol. The Morgan fingerprint density at radius 1 is 0.390 bits per heavy atom. The maximum atomic E-state index is 14.9. The second kappa shape index (κ2) is 20.1. The van der Waals surface area contributed by atoms with Gasteiger partial charge in [-0.15, -0.1) is 0 Å². The number of ketones is 2. The molecule has 5 nitrogen and oxygen atoms in total. The SMILES string of the molecule is CCC(c1ccc(C(=O)c2c(F)cccc2F)cc1)c1cc(-n2c3ccccc3c3ccccc32)ccc1Oc1ccc(-n2c3ccccc3c3ccccc32)cc1C(CC)c1ccc(C(=O)c2c(F)cccc2F)cc1. The summed E-state index contributed by atoms with van der Waals surface area (Å²) in [6.07, 6.45) is 1.22. The van der Waals surface area contributed by atoms with Crippen LogP contribution in [0, 0.1) is 23.3 Å². The zero-order chi connectivity index (χ0) is 52.9. The molecule has 2 heterocycles. The van der Waals surface area contributed by atoms with Crippen LogP contribution in [0.3, 0.4) is 0 Å². The maximum Gasteiger partial charge on any atom is 0.198 e. The van der Waals surface area contributed by atoms with Crippen molar-refractivity contribution in [2.75, 3.05) is 0 Å². The average Bonchev–Trinajstić information content (AvgIpc) is 4.08. The molecule has 0 aliphatic carbocycles. The number of carbonyl (C=O) groups is 2. The Morgan fingerprint density at radius 2 is 0.701 bits per heavy atom. The molecule has 12 rings (SSSR count). The van der Waals surface area contributed by atoms with Crippen LogP contribution in [0.15, 0.2) is 218 Å². The van der Waals surface area contributed by atoms with Crippen molar-refractivity contribution in [3.8, 4) is 22.9 Å². The van der Waals surface area contributed by atoms with Crippen molar-refractivity contribution in [3.63, 3.8) is 0 Å². The smallest absolute Gasteiger partial charge is 0.198 e. The lowest BCUT2D eigenvalue weighted by atomic mass is 9.86. The molecule has 0 spiro atoms. The molecule has 2 unspecified atom stereocenters. The monoisotopic (exact) mass is 1020 g/mol. The van der Waals surface area contributed by atoms with E-state index in [-0.39, 0.29) is 23.0 Å². The summed E-state index contributed by atoms with van der Waals surface area (Å²) < 4.78 is 71.3. The van der Waals surface area contributed by atoms with E-state index in [2.05, 4.69) is 95.8 Å². The van der Waals surface area contributed by atoms with Crippen LogP contribution < -0.4 is 4.74 Å². The number of benzene rings is 10. The molecule has 12 aromatic rings. The molecule has 10 aromatic carbocycles. The van der Waals surface area contributed by atoms with E-state index in [0.717, 1.165) is 102 Å². The first-order chi connectivity index (χ1) is 37.6. The van der Waals surface area contributed by atoms with Crippen LogP contribution in [0.5, 0.6) is 11.5 Å². The molecule has 0 saturated heterocycles. The standard InChI is InChI=1S/C68H48F4N2O3/c1-3-47(41-27-31-43(32-28-41)67(75)65-55(69)19-13-20-56(65)70)53-39-45(73-59-23-9-5-15-49(59)50-16-6-10-24-60(50)73)35-37-63(53)77-64-38-36-46(74-61-25-11-7-17-51(61)52-18-8-12-26-62(52)74)40-54(64)48(4-2)42-29-33-44(34-30-42)68(76)66-57(71)21-14-22-58(66)72/h5-40,47-48H,3-4H2,1-2H3. The Bertz CT molecular complexity index is 3850. The van der Waals surface area contributed by atoms with E-state index in [1.807, 2.05) is 84.9 Å². The summed E-state index contributed by atoms with van der Waals surface area (Å²) in [7, 11) is 0. The molecule has 0 fully saturated rings. The van der Waals surface area contributed by atoms with Gasteiger partial charge in [0.15, 0.2) is 11.6 Å². The van der Waals surface area contributed by atoms with E-state index in [4.69, 9.17) is 4.74 Å². The van der Waals surface area contributed by atoms with Crippen molar-refractivity contribution in [3.05, 3.63) is 286 Å². The highest BCUT2D eigenvalue weighted by Gasteiger charge is 2.27. The predicted molar refractivity (Wildman–Crippen MR) is 298 cm³/mol. The lowest BCUT2D eigenvalue weighted by molar-refractivity contribution is 0.102. The Labute approximate surface area is 441 Å². The molecule has 0 N–H and O–H groups in total. The number of halogens is 4. The van der Waals surface area contributed by atoms with Gasteiger partial charge in [-0.05, 0) is 109 Å². The largest absolute Gasteiger partial charge is 0.457 e. The summed E-state index contributed by atoms with van der Waals surface area (Å²) >= 11 is 0. The number of rotatable bonds is 14. The van der Waals surface area contributed by atoms with Gasteiger partial charge < -0.3 is 13.9 Å². The van der Waals surface area contributed by atoms with Crippen molar-refractivity contribution in [2.45, 2.75) is 38.5 Å². The molecule has 0 aliphatic heterocycles. The Kier molecular flexibility index (Phi) is 12.7. The van der Waals surface area contributed by atoms with E-state index in [0.29, 0.717) is 24.3 Å². The highest BCUT2D eigenvalue weighted by atomic mass is 19.1. The number of fused-ring (bicyclic) bond motifs is 6. The Balaban J connectivity index is 1.02. The normalized spacial score (nSPS) is 12.4. The second-order valence-corrected chi connectivity index (χ2v) is 19.3. The fourth-order valence-corrected chi connectivity index (χ4v) is 11.3. The van der Waals surface area contributed by atoms with Gasteiger partial charge >= 0.3 is 0 Å². The van der Waals surface area contributed by atoms with Gasteiger partial charge in [0.25, 0.3) is 0 Å². The third-order valence-corrected chi connectivity index (χ3v) is 15.0. The molecule has 77 heavy (non-hydrogen) atoms. The molecule has 376 valence electrons. The van der Waals surface area contributed by atoms with Crippen LogP contribution in [0.25, 0.3) is 55.0 Å². The number of hydrogen-bond donors (Lipinski definition) is 0. The maximum absolute atomic E-state index is 14.9. The van der Waals surface area contributed by atoms with Gasteiger partial charge in [0, 0.05) is 67.0 Å². The topological polar surface area (TPSA) is 53.2 Å². The highest BCUT2D eigenvalue weighted by Crippen LogP contribution is 2.45. The third-order valence-electron chi connectivity index (χ3n) is 15.0. The van der Waals surface area contributed by atoms with E-state index in [1.165, 1.54) is 12.1 Å². The molecule has 0 saturated carbocycles. The van der Waals surface area contributed by atoms with Gasteiger partial charge in [0.2, 0.25) is 0 Å². The van der Waals surface area contributed by atoms with Gasteiger partial charge in [-0.3, -0.25) is 9.59 Å². The first kappa shape index (κ1) is 48.6. The van der Waals surface area contributed by atoms with Crippen molar-refractivity contribution >= 4 is 55.2 Å². The molecule has 0 bridgehead atoms. The fraction of sp³-hybridized carbons (Fsp3) is 0.0882. The average molecular weight is 1020 g/mol. The minimum absolute atomic E-state index is 0.151. The lowest BCUT2D eigenvalue weighted by Gasteiger charge is -2.25. The number of aromatic nitrogens is 2. The van der Waals surface area contributed by atoms with Gasteiger partial charge in [-0.2, -0.15) is 0 Å². The minimum atomic E-state index is -0.925. The van der Waals surface area contributed by atoms with E-state index in [9.17, 15) is 27.2 Å². The van der Waals surface area contributed by atoms with Crippen LogP contribution in [0.1, 0.15) is 92.6 Å². The summed E-state index contributed by atoms with van der Waals surface area (Å²) in [5.41, 5.74) is 8.49. The molecule has 0 aliphatic rings. The van der Waals surface area contributed by atoms with E-state index in [1.54, 1.807) is 24.3 Å². The van der Waals surface area contributed by atoms with Crippen molar-refractivity contribution < 1.29 is 31.9 Å². The van der Waals surface area contributed by atoms with E-state index >= 15 is 0 Å². The molecule has 0 amide bonds. The summed E-state index contributed by atoms with van der Waals surface area (Å²) in [5, 5.41) is 4.44. The molecule has 9 heteroatoms. The quantitative estimate of drug-likeness (QED) is 0.0806. The number of para-hydroxylation sites is 4. The first-order valence-corrected chi connectivity index (χ1v) is 25.7. The number of hydrogen-bond acceptors (Lipinski definition) is 3. The van der Waals surface area contributed by atoms with Gasteiger partial charge in [0.1, 0.15) is 34.8 Å². The zero-order valence-electron chi connectivity index (χ0n) is 42.0. The molecular formula is C68H48F4N2O3. The van der Waals surface area contributed by atoms with Gasteiger partial charge in [-0.1, -0.05) is 147 Å². The Morgan fingerprint density at radius 3 is 1.01 bits per heavy atom. The predicted octanol–water partition coefficient (Wildman–Crippen LogP) is 17.8. The number of nitrogens with zero attached hydrogens (tertiary/aromatic N) is 2. The molecule has 2 aromatic heterocycles. The van der Waals surface area contributed by atoms with Crippen molar-refractivity contribution in [2.24, 2.45) is 0 Å². The summed E-state index contributed by atoms with van der Waals surface area (Å²) in [5.74, 6) is -4.61. The number of ether oxygens (including phenoxy) is 1. The summed E-state index contributed by atoms with van der Waals surface area (Å²) in [6, 6.07) is 66.3. The van der Waals surface area contributed by atoms with Crippen LogP contribution in [0.4, 0.5) is 17.6 Å². The number of carbonyl (C=O) groups excluding carboxylic acids is 2. The molecule has 0 radical (unpaired) electrons. The fourth-order valence-electron chi connectivity index (χ4n) is 11.3. The third kappa shape index (κ3) is 8.54. The van der Waals surface area contributed by atoms with Crippen LogP contribution in [-0.2, 0) is 0 Å². The van der Waals surface area contributed by atoms with E-state index < -0.39 is 46.0 Å².